The molecule has 0 aliphatic rings. The number of carbonyl (C=O) groups is 2. The van der Waals surface area contributed by atoms with E-state index in [9.17, 15) is 9.59 Å². The number of nitrogens with one attached hydrogen (secondary N) is 1. The molecule has 1 aromatic rings. The van der Waals surface area contributed by atoms with Gasteiger partial charge in [0.1, 0.15) is 5.60 Å². The predicted molar refractivity (Wildman–Crippen MR) is 81.6 cm³/mol. The van der Waals surface area contributed by atoms with Crippen molar-refractivity contribution in [3.05, 3.63) is 18.0 Å². The van der Waals surface area contributed by atoms with E-state index in [2.05, 4.69) is 10.4 Å². The van der Waals surface area contributed by atoms with E-state index >= 15 is 0 Å². The summed E-state index contributed by atoms with van der Waals surface area (Å²) in [6.07, 6.45) is 2.00. The minimum atomic E-state index is -0.889. The largest absolute Gasteiger partial charge is 0.481 e. The standard InChI is InChI=1S/C15H25N3O4/c1-5-18-12(8-9-16-18)10-11(6-7-13(19)20)17-14(21)22-15(2,3)4/h8-9,11H,5-7,10H2,1-4H3,(H,17,21)(H,19,20). The van der Waals surface area contributed by atoms with Crippen LogP contribution in [-0.4, -0.2) is 38.6 Å². The summed E-state index contributed by atoms with van der Waals surface area (Å²) in [6, 6.07) is 1.56. The van der Waals surface area contributed by atoms with Crippen LogP contribution in [-0.2, 0) is 22.5 Å². The highest BCUT2D eigenvalue weighted by Gasteiger charge is 2.21. The number of rotatable bonds is 7. The fourth-order valence-corrected chi connectivity index (χ4v) is 2.07. The van der Waals surface area contributed by atoms with Crippen molar-refractivity contribution in [3.8, 4) is 0 Å². The Balaban J connectivity index is 2.71. The summed E-state index contributed by atoms with van der Waals surface area (Å²) in [4.78, 5) is 22.7. The molecule has 0 fully saturated rings. The van der Waals surface area contributed by atoms with E-state index in [0.717, 1.165) is 12.2 Å². The molecule has 1 atom stereocenters. The van der Waals surface area contributed by atoms with Crippen LogP contribution in [0.5, 0.6) is 0 Å². The van der Waals surface area contributed by atoms with Gasteiger partial charge in [-0.05, 0) is 40.2 Å². The molecule has 0 aliphatic heterocycles. The average Bonchev–Trinajstić information content (AvgIpc) is 2.80. The van der Waals surface area contributed by atoms with Crippen LogP contribution in [0, 0.1) is 0 Å². The highest BCUT2D eigenvalue weighted by Crippen LogP contribution is 2.11. The van der Waals surface area contributed by atoms with Gasteiger partial charge in [0.2, 0.25) is 0 Å². The first-order valence-corrected chi connectivity index (χ1v) is 7.43. The maximum Gasteiger partial charge on any atom is 0.407 e. The Morgan fingerprint density at radius 2 is 2.14 bits per heavy atom. The molecule has 1 amide bonds. The summed E-state index contributed by atoms with van der Waals surface area (Å²) in [6.45, 7) is 8.05. The van der Waals surface area contributed by atoms with Crippen LogP contribution in [0.15, 0.2) is 12.3 Å². The van der Waals surface area contributed by atoms with Crippen molar-refractivity contribution >= 4 is 12.1 Å². The van der Waals surface area contributed by atoms with E-state index in [4.69, 9.17) is 9.84 Å². The van der Waals surface area contributed by atoms with Gasteiger partial charge in [0.05, 0.1) is 0 Å². The third-order valence-corrected chi connectivity index (χ3v) is 2.99. The number of ether oxygens (including phenoxy) is 1. The second-order valence-electron chi connectivity index (χ2n) is 6.12. The Hall–Kier alpha value is -2.05. The smallest absolute Gasteiger partial charge is 0.407 e. The number of carboxylic acids is 1. The maximum atomic E-state index is 11.9. The molecular weight excluding hydrogens is 286 g/mol. The Kier molecular flexibility index (Phi) is 6.39. The van der Waals surface area contributed by atoms with Gasteiger partial charge >= 0.3 is 12.1 Å². The number of amides is 1. The molecule has 124 valence electrons. The Bertz CT molecular complexity index is 505. The van der Waals surface area contributed by atoms with Gasteiger partial charge in [-0.25, -0.2) is 4.79 Å². The van der Waals surface area contributed by atoms with Crippen LogP contribution in [0.2, 0.25) is 0 Å². The molecular formula is C15H25N3O4. The van der Waals surface area contributed by atoms with Gasteiger partial charge in [-0.1, -0.05) is 0 Å². The third kappa shape index (κ3) is 6.60. The Morgan fingerprint density at radius 1 is 1.45 bits per heavy atom. The van der Waals surface area contributed by atoms with E-state index in [-0.39, 0.29) is 12.5 Å². The fraction of sp³-hybridized carbons (Fsp3) is 0.667. The first kappa shape index (κ1) is 18.0. The van der Waals surface area contributed by atoms with Gasteiger partial charge in [0, 0.05) is 37.3 Å². The molecule has 0 saturated heterocycles. The molecule has 0 saturated carbocycles. The molecule has 0 spiro atoms. The zero-order valence-electron chi connectivity index (χ0n) is 13.6. The molecule has 0 bridgehead atoms. The molecule has 1 rings (SSSR count). The number of nitrogens with zero attached hydrogens (tertiary/aromatic N) is 2. The second-order valence-corrected chi connectivity index (χ2v) is 6.12. The van der Waals surface area contributed by atoms with Gasteiger partial charge < -0.3 is 15.2 Å². The van der Waals surface area contributed by atoms with Crippen molar-refractivity contribution < 1.29 is 19.4 Å². The third-order valence-electron chi connectivity index (χ3n) is 2.99. The predicted octanol–water partition coefficient (Wildman–Crippen LogP) is 2.20. The molecule has 1 unspecified atom stereocenters. The van der Waals surface area contributed by atoms with Crippen LogP contribution >= 0.6 is 0 Å². The summed E-state index contributed by atoms with van der Waals surface area (Å²) in [7, 11) is 0. The minimum absolute atomic E-state index is 0.0132. The number of hydrogen-bond donors (Lipinski definition) is 2. The van der Waals surface area contributed by atoms with Gasteiger partial charge in [0.15, 0.2) is 0 Å². The molecule has 1 aromatic heterocycles. The molecule has 0 radical (unpaired) electrons. The molecule has 22 heavy (non-hydrogen) atoms. The number of alkyl carbamates (subject to hydrolysis) is 1. The highest BCUT2D eigenvalue weighted by molar-refractivity contribution is 5.69. The molecule has 7 nitrogen and oxygen atoms in total. The zero-order chi connectivity index (χ0) is 16.8. The zero-order valence-corrected chi connectivity index (χ0v) is 13.6. The summed E-state index contributed by atoms with van der Waals surface area (Å²) >= 11 is 0. The van der Waals surface area contributed by atoms with Gasteiger partial charge in [-0.2, -0.15) is 5.10 Å². The minimum Gasteiger partial charge on any atom is -0.481 e. The number of carbonyl (C=O) groups excluding carboxylic acids is 1. The SMILES string of the molecule is CCn1nccc1CC(CCC(=O)O)NC(=O)OC(C)(C)C. The lowest BCUT2D eigenvalue weighted by atomic mass is 10.1. The first-order chi connectivity index (χ1) is 10.2. The molecule has 7 heteroatoms. The Morgan fingerprint density at radius 3 is 2.68 bits per heavy atom. The van der Waals surface area contributed by atoms with Gasteiger partial charge in [-0.3, -0.25) is 9.48 Å². The quantitative estimate of drug-likeness (QED) is 0.805. The van der Waals surface area contributed by atoms with Crippen LogP contribution in [0.25, 0.3) is 0 Å². The number of aryl methyl sites for hydroxylation is 1. The van der Waals surface area contributed by atoms with Crippen LogP contribution < -0.4 is 5.32 Å². The monoisotopic (exact) mass is 311 g/mol. The van der Waals surface area contributed by atoms with Crippen molar-refractivity contribution in [1.29, 1.82) is 0 Å². The number of hydrogen-bond acceptors (Lipinski definition) is 4. The first-order valence-electron chi connectivity index (χ1n) is 7.43. The van der Waals surface area contributed by atoms with E-state index in [1.807, 2.05) is 17.7 Å². The lowest BCUT2D eigenvalue weighted by Crippen LogP contribution is -2.40. The average molecular weight is 311 g/mol. The van der Waals surface area contributed by atoms with E-state index in [0.29, 0.717) is 12.8 Å². The normalized spacial score (nSPS) is 12.7. The van der Waals surface area contributed by atoms with Crippen LogP contribution in [0.3, 0.4) is 0 Å². The maximum absolute atomic E-state index is 11.9. The van der Waals surface area contributed by atoms with Crippen molar-refractivity contribution in [1.82, 2.24) is 15.1 Å². The molecule has 2 N–H and O–H groups in total. The second kappa shape index (κ2) is 7.82. The van der Waals surface area contributed by atoms with Crippen molar-refractivity contribution in [2.75, 3.05) is 0 Å². The Labute approximate surface area is 130 Å². The summed E-state index contributed by atoms with van der Waals surface area (Å²) < 4.78 is 7.05. The number of aromatic nitrogens is 2. The van der Waals surface area contributed by atoms with Crippen LogP contribution in [0.1, 0.15) is 46.2 Å². The summed E-state index contributed by atoms with van der Waals surface area (Å²) in [5.74, 6) is -0.889. The highest BCUT2D eigenvalue weighted by atomic mass is 16.6. The van der Waals surface area contributed by atoms with Crippen molar-refractivity contribution in [2.24, 2.45) is 0 Å². The van der Waals surface area contributed by atoms with E-state index < -0.39 is 17.7 Å². The number of aliphatic carboxylic acids is 1. The van der Waals surface area contributed by atoms with Crippen molar-refractivity contribution in [2.45, 2.75) is 65.1 Å². The van der Waals surface area contributed by atoms with Crippen molar-refractivity contribution in [3.63, 3.8) is 0 Å². The lowest BCUT2D eigenvalue weighted by molar-refractivity contribution is -0.137. The van der Waals surface area contributed by atoms with Gasteiger partial charge in [0.25, 0.3) is 0 Å². The molecule has 0 aliphatic carbocycles. The summed E-state index contributed by atoms with van der Waals surface area (Å²) in [5.41, 5.74) is 0.362. The van der Waals surface area contributed by atoms with Crippen LogP contribution in [0.4, 0.5) is 4.79 Å². The summed E-state index contributed by atoms with van der Waals surface area (Å²) in [5, 5.41) is 15.8. The fourth-order valence-electron chi connectivity index (χ4n) is 2.07. The number of carboxylic acid groups (broad SMARTS) is 1. The topological polar surface area (TPSA) is 93.5 Å². The molecule has 1 heterocycles. The molecule has 0 aromatic carbocycles. The van der Waals surface area contributed by atoms with Gasteiger partial charge in [-0.15, -0.1) is 0 Å². The lowest BCUT2D eigenvalue weighted by Gasteiger charge is -2.23. The van der Waals surface area contributed by atoms with E-state index in [1.54, 1.807) is 27.0 Å². The van der Waals surface area contributed by atoms with E-state index in [1.165, 1.54) is 0 Å².